The molecule has 1 N–H and O–H groups in total. The van der Waals surface area contributed by atoms with Gasteiger partial charge in [0.15, 0.2) is 0 Å². The Balaban J connectivity index is 2.03. The average molecular weight is 193 g/mol. The Morgan fingerprint density at radius 2 is 1.79 bits per heavy atom. The third-order valence-electron chi connectivity index (χ3n) is 2.49. The molecule has 1 aliphatic heterocycles. The molecule has 1 aromatic rings. The standard InChI is InChI=1S/C11H15NO2/c13-11(10-4-2-1-3-5-10)12-6-8-14-9-7-12/h1-5,11,13H,6-9H2/t11-/m1/s1. The lowest BCUT2D eigenvalue weighted by molar-refractivity contribution is -0.0603. The fourth-order valence-electron chi connectivity index (χ4n) is 1.66. The molecule has 1 aliphatic rings. The van der Waals surface area contributed by atoms with E-state index in [1.54, 1.807) is 0 Å². The van der Waals surface area contributed by atoms with Gasteiger partial charge in [0.2, 0.25) is 0 Å². The van der Waals surface area contributed by atoms with Crippen LogP contribution in [0.4, 0.5) is 0 Å². The minimum absolute atomic E-state index is 0.486. The van der Waals surface area contributed by atoms with Gasteiger partial charge in [-0.1, -0.05) is 30.3 Å². The van der Waals surface area contributed by atoms with E-state index >= 15 is 0 Å². The van der Waals surface area contributed by atoms with E-state index in [-0.39, 0.29) is 0 Å². The third-order valence-corrected chi connectivity index (χ3v) is 2.49. The lowest BCUT2D eigenvalue weighted by atomic mass is 10.2. The zero-order valence-electron chi connectivity index (χ0n) is 8.10. The monoisotopic (exact) mass is 193 g/mol. The fourth-order valence-corrected chi connectivity index (χ4v) is 1.66. The summed E-state index contributed by atoms with van der Waals surface area (Å²) in [5.41, 5.74) is 0.953. The third kappa shape index (κ3) is 2.12. The summed E-state index contributed by atoms with van der Waals surface area (Å²) in [4.78, 5) is 2.03. The van der Waals surface area contributed by atoms with Crippen LogP contribution in [0.25, 0.3) is 0 Å². The van der Waals surface area contributed by atoms with Crippen molar-refractivity contribution in [1.82, 2.24) is 4.90 Å². The second-order valence-corrected chi connectivity index (χ2v) is 3.43. The van der Waals surface area contributed by atoms with Crippen LogP contribution in [0.3, 0.4) is 0 Å². The lowest BCUT2D eigenvalue weighted by Crippen LogP contribution is -2.38. The molecule has 1 fully saturated rings. The van der Waals surface area contributed by atoms with Gasteiger partial charge in [0.1, 0.15) is 6.23 Å². The van der Waals surface area contributed by atoms with E-state index < -0.39 is 6.23 Å². The van der Waals surface area contributed by atoms with Crippen molar-refractivity contribution in [1.29, 1.82) is 0 Å². The molecule has 0 bridgehead atoms. The van der Waals surface area contributed by atoms with Crippen molar-refractivity contribution in [3.05, 3.63) is 35.9 Å². The molecule has 76 valence electrons. The summed E-state index contributed by atoms with van der Waals surface area (Å²) in [5.74, 6) is 0. The minimum atomic E-state index is -0.486. The number of hydrogen-bond acceptors (Lipinski definition) is 3. The summed E-state index contributed by atoms with van der Waals surface area (Å²) >= 11 is 0. The highest BCUT2D eigenvalue weighted by Gasteiger charge is 2.19. The SMILES string of the molecule is O[C@H](c1ccccc1)N1CCOCC1. The molecule has 1 saturated heterocycles. The van der Waals surface area contributed by atoms with Crippen molar-refractivity contribution in [3.63, 3.8) is 0 Å². The molecule has 1 aromatic carbocycles. The Morgan fingerprint density at radius 1 is 1.14 bits per heavy atom. The van der Waals surface area contributed by atoms with Gasteiger partial charge in [0.05, 0.1) is 13.2 Å². The number of benzene rings is 1. The molecule has 3 heteroatoms. The average Bonchev–Trinajstić information content (AvgIpc) is 2.30. The first-order valence-corrected chi connectivity index (χ1v) is 4.93. The van der Waals surface area contributed by atoms with Crippen molar-refractivity contribution in [3.8, 4) is 0 Å². The number of morpholine rings is 1. The molecular formula is C11H15NO2. The summed E-state index contributed by atoms with van der Waals surface area (Å²) in [6.45, 7) is 3.03. The van der Waals surface area contributed by atoms with Gasteiger partial charge in [0.25, 0.3) is 0 Å². The van der Waals surface area contributed by atoms with E-state index in [0.29, 0.717) is 13.2 Å². The fraction of sp³-hybridized carbons (Fsp3) is 0.455. The molecule has 0 aliphatic carbocycles. The topological polar surface area (TPSA) is 32.7 Å². The van der Waals surface area contributed by atoms with E-state index in [9.17, 15) is 5.11 Å². The van der Waals surface area contributed by atoms with Gasteiger partial charge in [-0.2, -0.15) is 0 Å². The number of hydrogen-bond donors (Lipinski definition) is 1. The summed E-state index contributed by atoms with van der Waals surface area (Å²) in [5, 5.41) is 10.0. The molecule has 0 radical (unpaired) electrons. The van der Waals surface area contributed by atoms with Crippen molar-refractivity contribution >= 4 is 0 Å². The first-order chi connectivity index (χ1) is 6.88. The molecule has 0 aromatic heterocycles. The zero-order chi connectivity index (χ0) is 9.80. The van der Waals surface area contributed by atoms with E-state index in [0.717, 1.165) is 18.7 Å². The maximum atomic E-state index is 10.0. The van der Waals surface area contributed by atoms with Crippen molar-refractivity contribution in [2.75, 3.05) is 26.3 Å². The summed E-state index contributed by atoms with van der Waals surface area (Å²) in [6, 6.07) is 9.73. The van der Waals surface area contributed by atoms with Gasteiger partial charge in [-0.05, 0) is 5.56 Å². The molecule has 0 spiro atoms. The molecule has 1 atom stereocenters. The Kier molecular flexibility index (Phi) is 3.14. The molecule has 0 saturated carbocycles. The van der Waals surface area contributed by atoms with Crippen molar-refractivity contribution in [2.24, 2.45) is 0 Å². The Hall–Kier alpha value is -0.900. The van der Waals surface area contributed by atoms with Crippen LogP contribution in [-0.4, -0.2) is 36.3 Å². The van der Waals surface area contributed by atoms with E-state index in [1.165, 1.54) is 0 Å². The molecule has 0 unspecified atom stereocenters. The van der Waals surface area contributed by atoms with Crippen LogP contribution in [-0.2, 0) is 4.74 Å². The Bertz CT molecular complexity index is 270. The molecule has 14 heavy (non-hydrogen) atoms. The van der Waals surface area contributed by atoms with Gasteiger partial charge in [-0.25, -0.2) is 0 Å². The molecular weight excluding hydrogens is 178 g/mol. The quantitative estimate of drug-likeness (QED) is 0.761. The smallest absolute Gasteiger partial charge is 0.133 e. The van der Waals surface area contributed by atoms with Gasteiger partial charge >= 0.3 is 0 Å². The van der Waals surface area contributed by atoms with Crippen LogP contribution in [0.15, 0.2) is 30.3 Å². The van der Waals surface area contributed by atoms with Crippen LogP contribution in [0.2, 0.25) is 0 Å². The highest BCUT2D eigenvalue weighted by Crippen LogP contribution is 2.17. The predicted molar refractivity (Wildman–Crippen MR) is 53.8 cm³/mol. The minimum Gasteiger partial charge on any atom is -0.379 e. The van der Waals surface area contributed by atoms with Crippen LogP contribution < -0.4 is 0 Å². The first-order valence-electron chi connectivity index (χ1n) is 4.93. The zero-order valence-corrected chi connectivity index (χ0v) is 8.10. The molecule has 1 heterocycles. The van der Waals surface area contributed by atoms with Crippen molar-refractivity contribution in [2.45, 2.75) is 6.23 Å². The van der Waals surface area contributed by atoms with Crippen LogP contribution in [0.5, 0.6) is 0 Å². The number of aliphatic hydroxyl groups is 1. The highest BCUT2D eigenvalue weighted by atomic mass is 16.5. The maximum absolute atomic E-state index is 10.0. The van der Waals surface area contributed by atoms with E-state index in [1.807, 2.05) is 35.2 Å². The first kappa shape index (κ1) is 9.65. The summed E-state index contributed by atoms with van der Waals surface area (Å²) in [6.07, 6.45) is -0.486. The second kappa shape index (κ2) is 4.55. The van der Waals surface area contributed by atoms with Crippen LogP contribution in [0, 0.1) is 0 Å². The summed E-state index contributed by atoms with van der Waals surface area (Å²) < 4.78 is 5.23. The summed E-state index contributed by atoms with van der Waals surface area (Å²) in [7, 11) is 0. The normalized spacial score (nSPS) is 20.6. The Labute approximate surface area is 83.9 Å². The molecule has 3 nitrogen and oxygen atoms in total. The number of aliphatic hydroxyl groups excluding tert-OH is 1. The van der Waals surface area contributed by atoms with E-state index in [4.69, 9.17) is 4.74 Å². The lowest BCUT2D eigenvalue weighted by Gasteiger charge is -2.31. The Morgan fingerprint density at radius 3 is 2.43 bits per heavy atom. The van der Waals surface area contributed by atoms with Gasteiger partial charge in [0, 0.05) is 13.1 Å². The van der Waals surface area contributed by atoms with E-state index in [2.05, 4.69) is 0 Å². The van der Waals surface area contributed by atoms with Crippen LogP contribution in [0.1, 0.15) is 11.8 Å². The number of ether oxygens (including phenoxy) is 1. The highest BCUT2D eigenvalue weighted by molar-refractivity contribution is 5.16. The number of rotatable bonds is 2. The van der Waals surface area contributed by atoms with Gasteiger partial charge < -0.3 is 9.84 Å². The van der Waals surface area contributed by atoms with Gasteiger partial charge in [-0.15, -0.1) is 0 Å². The molecule has 2 rings (SSSR count). The largest absolute Gasteiger partial charge is 0.379 e. The maximum Gasteiger partial charge on any atom is 0.133 e. The number of nitrogens with zero attached hydrogens (tertiary/aromatic N) is 1. The second-order valence-electron chi connectivity index (χ2n) is 3.43. The van der Waals surface area contributed by atoms with Crippen LogP contribution >= 0.6 is 0 Å². The van der Waals surface area contributed by atoms with Gasteiger partial charge in [-0.3, -0.25) is 4.90 Å². The van der Waals surface area contributed by atoms with Crippen molar-refractivity contribution < 1.29 is 9.84 Å². The molecule has 0 amide bonds. The predicted octanol–water partition coefficient (Wildman–Crippen LogP) is 1.01.